The highest BCUT2D eigenvalue weighted by Crippen LogP contribution is 2.49. The minimum atomic E-state index is -0.0150. The number of benzene rings is 2. The van der Waals surface area contributed by atoms with Crippen molar-refractivity contribution in [1.82, 2.24) is 4.57 Å². The molecule has 0 fully saturated rings. The van der Waals surface area contributed by atoms with E-state index in [2.05, 4.69) is 112 Å². The molecule has 0 bridgehead atoms. The first-order valence-corrected chi connectivity index (χ1v) is 11.4. The maximum atomic E-state index is 4.62. The maximum absolute atomic E-state index is 4.62. The summed E-state index contributed by atoms with van der Waals surface area (Å²) in [6.07, 6.45) is 6.56. The van der Waals surface area contributed by atoms with Crippen LogP contribution in [0.25, 0.3) is 22.8 Å². The second-order valence-corrected chi connectivity index (χ2v) is 9.24. The Labute approximate surface area is 181 Å². The first-order valence-electron chi connectivity index (χ1n) is 11.4. The number of imidazole rings is 1. The summed E-state index contributed by atoms with van der Waals surface area (Å²) in [5.41, 5.74) is 8.03. The summed E-state index contributed by atoms with van der Waals surface area (Å²) in [6.45, 7) is 18.4. The molecule has 0 N–H and O–H groups in total. The molecule has 2 heterocycles. The minimum Gasteiger partial charge on any atom is -0.199 e. The fourth-order valence-electron chi connectivity index (χ4n) is 5.36. The van der Waals surface area contributed by atoms with E-state index in [1.54, 1.807) is 0 Å². The highest BCUT2D eigenvalue weighted by Gasteiger charge is 2.45. The summed E-state index contributed by atoms with van der Waals surface area (Å²) in [7, 11) is 0. The summed E-state index contributed by atoms with van der Waals surface area (Å²) in [4.78, 5) is 0. The van der Waals surface area contributed by atoms with Crippen molar-refractivity contribution in [3.8, 4) is 17.1 Å². The molecule has 1 aromatic heterocycles. The monoisotopic (exact) mass is 399 g/mol. The van der Waals surface area contributed by atoms with Crippen molar-refractivity contribution >= 4 is 5.70 Å². The van der Waals surface area contributed by atoms with Gasteiger partial charge in [-0.05, 0) is 36.3 Å². The van der Waals surface area contributed by atoms with E-state index in [-0.39, 0.29) is 5.41 Å². The summed E-state index contributed by atoms with van der Waals surface area (Å²) in [5, 5.41) is 0. The Morgan fingerprint density at radius 1 is 0.900 bits per heavy atom. The second kappa shape index (κ2) is 7.58. The van der Waals surface area contributed by atoms with Gasteiger partial charge in [-0.25, -0.2) is 0 Å². The van der Waals surface area contributed by atoms with Crippen LogP contribution < -0.4 is 4.57 Å². The number of allylic oxidation sites excluding steroid dienone is 1. The molecule has 0 radical (unpaired) electrons. The van der Waals surface area contributed by atoms with Gasteiger partial charge in [-0.15, -0.1) is 0 Å². The SMILES string of the molecule is C=C1n2cc[n+](-c3c(C(C)C)cccc3C(C)C)c2-c2ccccc2C1(CC)CC. The second-order valence-electron chi connectivity index (χ2n) is 9.24. The minimum absolute atomic E-state index is 0.0150. The number of para-hydroxylation sites is 1. The van der Waals surface area contributed by atoms with Gasteiger partial charge >= 0.3 is 0 Å². The van der Waals surface area contributed by atoms with E-state index in [1.807, 2.05) is 0 Å². The van der Waals surface area contributed by atoms with E-state index in [9.17, 15) is 0 Å². The van der Waals surface area contributed by atoms with Gasteiger partial charge in [0.05, 0.1) is 11.0 Å². The lowest BCUT2D eigenvalue weighted by atomic mass is 9.70. The molecular formula is C28H35N2+. The summed E-state index contributed by atoms with van der Waals surface area (Å²) in [6, 6.07) is 15.7. The molecule has 2 heteroatoms. The zero-order chi connectivity index (χ0) is 21.6. The van der Waals surface area contributed by atoms with E-state index < -0.39 is 0 Å². The molecule has 2 nitrogen and oxygen atoms in total. The van der Waals surface area contributed by atoms with Gasteiger partial charge in [0.1, 0.15) is 23.8 Å². The molecule has 0 unspecified atom stereocenters. The zero-order valence-corrected chi connectivity index (χ0v) is 19.4. The van der Waals surface area contributed by atoms with Gasteiger partial charge in [0, 0.05) is 11.1 Å². The van der Waals surface area contributed by atoms with Crippen LogP contribution in [-0.2, 0) is 5.41 Å². The Morgan fingerprint density at radius 3 is 2.07 bits per heavy atom. The van der Waals surface area contributed by atoms with Crippen LogP contribution in [0.5, 0.6) is 0 Å². The Kier molecular flexibility index (Phi) is 5.22. The predicted molar refractivity (Wildman–Crippen MR) is 127 cm³/mol. The first kappa shape index (κ1) is 20.7. The van der Waals surface area contributed by atoms with Crippen LogP contribution in [0.1, 0.15) is 82.9 Å². The van der Waals surface area contributed by atoms with Crippen LogP contribution in [0.3, 0.4) is 0 Å². The van der Waals surface area contributed by atoms with Crippen molar-refractivity contribution in [2.24, 2.45) is 0 Å². The standard InChI is InChI=1S/C28H35N2/c1-8-28(9-2)21(7)29-17-18-30(27(29)24-13-10-11-16-25(24)28)26-22(19(3)4)14-12-15-23(26)20(5)6/h10-20H,7-9H2,1-6H3/q+1. The number of hydrogen-bond donors (Lipinski definition) is 0. The van der Waals surface area contributed by atoms with Gasteiger partial charge in [0.25, 0.3) is 5.82 Å². The Hall–Kier alpha value is -2.61. The fourth-order valence-corrected chi connectivity index (χ4v) is 5.36. The van der Waals surface area contributed by atoms with E-state index in [4.69, 9.17) is 0 Å². The zero-order valence-electron chi connectivity index (χ0n) is 19.4. The molecule has 0 amide bonds. The van der Waals surface area contributed by atoms with Crippen molar-refractivity contribution < 1.29 is 4.57 Å². The smallest absolute Gasteiger partial charge is 0.199 e. The van der Waals surface area contributed by atoms with Crippen LogP contribution in [0.4, 0.5) is 0 Å². The van der Waals surface area contributed by atoms with Crippen LogP contribution in [0.15, 0.2) is 61.4 Å². The predicted octanol–water partition coefficient (Wildman–Crippen LogP) is 7.22. The van der Waals surface area contributed by atoms with Crippen molar-refractivity contribution in [3.05, 3.63) is 78.1 Å². The van der Waals surface area contributed by atoms with Crippen molar-refractivity contribution in [2.75, 3.05) is 0 Å². The van der Waals surface area contributed by atoms with Gasteiger partial charge in [-0.2, -0.15) is 9.13 Å². The number of rotatable bonds is 5. The Bertz CT molecular complexity index is 1070. The number of aromatic nitrogens is 2. The lowest BCUT2D eigenvalue weighted by Gasteiger charge is -2.37. The molecule has 0 saturated heterocycles. The van der Waals surface area contributed by atoms with E-state index in [0.29, 0.717) is 11.8 Å². The molecule has 2 aromatic carbocycles. The molecule has 4 rings (SSSR count). The summed E-state index contributed by atoms with van der Waals surface area (Å²) >= 11 is 0. The molecule has 3 aromatic rings. The lowest BCUT2D eigenvalue weighted by molar-refractivity contribution is -0.584. The molecule has 0 atom stereocenters. The molecule has 1 aliphatic heterocycles. The quantitative estimate of drug-likeness (QED) is 0.400. The third-order valence-corrected chi connectivity index (χ3v) is 7.14. The highest BCUT2D eigenvalue weighted by molar-refractivity contribution is 5.77. The summed E-state index contributed by atoms with van der Waals surface area (Å²) in [5.74, 6) is 2.13. The van der Waals surface area contributed by atoms with Gasteiger partial charge < -0.3 is 0 Å². The van der Waals surface area contributed by atoms with Crippen molar-refractivity contribution in [1.29, 1.82) is 0 Å². The van der Waals surface area contributed by atoms with Gasteiger partial charge in [-0.1, -0.05) is 84.5 Å². The van der Waals surface area contributed by atoms with E-state index in [0.717, 1.165) is 12.8 Å². The average molecular weight is 400 g/mol. The van der Waals surface area contributed by atoms with Gasteiger partial charge in [0.2, 0.25) is 0 Å². The molecule has 30 heavy (non-hydrogen) atoms. The Balaban J connectivity index is 2.08. The average Bonchev–Trinajstić information content (AvgIpc) is 3.19. The van der Waals surface area contributed by atoms with E-state index >= 15 is 0 Å². The lowest BCUT2D eigenvalue weighted by Crippen LogP contribution is -2.40. The molecule has 1 aliphatic rings. The molecule has 0 spiro atoms. The van der Waals surface area contributed by atoms with Crippen molar-refractivity contribution in [2.45, 2.75) is 71.6 Å². The van der Waals surface area contributed by atoms with Gasteiger partial charge in [-0.3, -0.25) is 0 Å². The first-order chi connectivity index (χ1) is 14.4. The molecule has 156 valence electrons. The molecule has 0 aliphatic carbocycles. The maximum Gasteiger partial charge on any atom is 0.299 e. The normalized spacial score (nSPS) is 14.9. The third-order valence-electron chi connectivity index (χ3n) is 7.14. The molecular weight excluding hydrogens is 364 g/mol. The van der Waals surface area contributed by atoms with Crippen LogP contribution >= 0.6 is 0 Å². The van der Waals surface area contributed by atoms with E-state index in [1.165, 1.54) is 39.5 Å². The number of fused-ring (bicyclic) bond motifs is 3. The number of nitrogens with zero attached hydrogens (tertiary/aromatic N) is 2. The molecule has 0 saturated carbocycles. The largest absolute Gasteiger partial charge is 0.299 e. The fraction of sp³-hybridized carbons (Fsp3) is 0.393. The topological polar surface area (TPSA) is 8.81 Å². The highest BCUT2D eigenvalue weighted by atomic mass is 15.2. The van der Waals surface area contributed by atoms with Crippen LogP contribution in [-0.4, -0.2) is 4.57 Å². The Morgan fingerprint density at radius 2 is 1.50 bits per heavy atom. The van der Waals surface area contributed by atoms with Crippen molar-refractivity contribution in [3.63, 3.8) is 0 Å². The van der Waals surface area contributed by atoms with Crippen LogP contribution in [0, 0.1) is 0 Å². The number of hydrogen-bond acceptors (Lipinski definition) is 0. The third kappa shape index (κ3) is 2.80. The summed E-state index contributed by atoms with van der Waals surface area (Å²) < 4.78 is 4.76. The van der Waals surface area contributed by atoms with Crippen LogP contribution in [0.2, 0.25) is 0 Å². The van der Waals surface area contributed by atoms with Gasteiger partial charge in [0.15, 0.2) is 0 Å².